The first-order valence-corrected chi connectivity index (χ1v) is 6.80. The molecule has 0 saturated carbocycles. The van der Waals surface area contributed by atoms with Crippen molar-refractivity contribution in [2.24, 2.45) is 0 Å². The molecule has 0 bridgehead atoms. The molecular formula is C11H17O5P. The minimum atomic E-state index is -3.20. The van der Waals surface area contributed by atoms with Crippen LogP contribution in [-0.4, -0.2) is 32.6 Å². The fraction of sp³-hybridized carbons (Fsp3) is 0.455. The monoisotopic (exact) mass is 260 g/mol. The number of hydrogen-bond donors (Lipinski definition) is 1. The Bertz CT molecular complexity index is 381. The second-order valence-corrected chi connectivity index (χ2v) is 5.76. The molecule has 0 heterocycles. The third-order valence-electron chi connectivity index (χ3n) is 2.45. The Labute approximate surface area is 101 Å². The minimum absolute atomic E-state index is 0.0771. The average molecular weight is 260 g/mol. The first kappa shape index (κ1) is 14.2. The third-order valence-corrected chi connectivity index (χ3v) is 4.36. The number of ether oxygens (including phenoxy) is 1. The molecule has 0 spiro atoms. The molecule has 0 aliphatic rings. The van der Waals surface area contributed by atoms with Crippen molar-refractivity contribution in [1.82, 2.24) is 0 Å². The predicted molar refractivity (Wildman–Crippen MR) is 64.4 cm³/mol. The quantitative estimate of drug-likeness (QED) is 0.794. The molecule has 0 aromatic heterocycles. The lowest BCUT2D eigenvalue weighted by Gasteiger charge is -2.17. The van der Waals surface area contributed by atoms with Crippen LogP contribution in [0.15, 0.2) is 24.3 Å². The molecule has 5 nitrogen and oxygen atoms in total. The molecule has 0 aliphatic carbocycles. The number of aliphatic hydroxyl groups excluding tert-OH is 1. The molecular weight excluding hydrogens is 243 g/mol. The minimum Gasteiger partial charge on any atom is -0.497 e. The Morgan fingerprint density at radius 3 is 2.12 bits per heavy atom. The zero-order valence-corrected chi connectivity index (χ0v) is 11.0. The van der Waals surface area contributed by atoms with Gasteiger partial charge in [0.05, 0.1) is 19.4 Å². The van der Waals surface area contributed by atoms with Crippen LogP contribution in [0.5, 0.6) is 5.75 Å². The smallest absolute Gasteiger partial charge is 0.333 e. The van der Waals surface area contributed by atoms with Gasteiger partial charge in [0.2, 0.25) is 0 Å². The second-order valence-electron chi connectivity index (χ2n) is 3.45. The van der Waals surface area contributed by atoms with E-state index in [1.807, 2.05) is 0 Å². The van der Waals surface area contributed by atoms with Crippen molar-refractivity contribution < 1.29 is 23.5 Å². The number of benzene rings is 1. The summed E-state index contributed by atoms with van der Waals surface area (Å²) in [4.78, 5) is 0. The lowest BCUT2D eigenvalue weighted by Crippen LogP contribution is -2.06. The summed E-state index contributed by atoms with van der Waals surface area (Å²) in [5.74, 6) is 0.697. The summed E-state index contributed by atoms with van der Waals surface area (Å²) >= 11 is 0. The van der Waals surface area contributed by atoms with Crippen LogP contribution in [0.3, 0.4) is 0 Å². The Morgan fingerprint density at radius 2 is 1.71 bits per heavy atom. The first-order valence-electron chi connectivity index (χ1n) is 5.07. The summed E-state index contributed by atoms with van der Waals surface area (Å²) in [7, 11) is 0.955. The van der Waals surface area contributed by atoms with Gasteiger partial charge in [-0.05, 0) is 17.7 Å². The van der Waals surface area contributed by atoms with E-state index < -0.39 is 13.7 Å². The topological polar surface area (TPSA) is 65.0 Å². The molecule has 1 atom stereocenters. The maximum atomic E-state index is 11.8. The fourth-order valence-corrected chi connectivity index (χ4v) is 2.45. The van der Waals surface area contributed by atoms with Crippen molar-refractivity contribution in [3.8, 4) is 5.75 Å². The standard InChI is InChI=1S/C11H17O5P/c1-14-10-6-4-9(5-7-10)11(12)8-17(13,15-2)16-3/h4-7,11-12H,8H2,1-3H3/t11-/m1/s1. The van der Waals surface area contributed by atoms with Gasteiger partial charge in [0, 0.05) is 14.2 Å². The first-order chi connectivity index (χ1) is 8.04. The Morgan fingerprint density at radius 1 is 1.18 bits per heavy atom. The van der Waals surface area contributed by atoms with Gasteiger partial charge in [-0.25, -0.2) is 0 Å². The number of methoxy groups -OCH3 is 1. The van der Waals surface area contributed by atoms with E-state index in [0.717, 1.165) is 0 Å². The van der Waals surface area contributed by atoms with E-state index in [9.17, 15) is 9.67 Å². The molecule has 0 unspecified atom stereocenters. The van der Waals surface area contributed by atoms with E-state index in [0.29, 0.717) is 11.3 Å². The summed E-state index contributed by atoms with van der Waals surface area (Å²) in [5.41, 5.74) is 0.639. The Balaban J connectivity index is 2.75. The van der Waals surface area contributed by atoms with Crippen LogP contribution < -0.4 is 4.74 Å². The lowest BCUT2D eigenvalue weighted by molar-refractivity contribution is 0.183. The van der Waals surface area contributed by atoms with Gasteiger partial charge in [-0.15, -0.1) is 0 Å². The molecule has 0 radical (unpaired) electrons. The maximum absolute atomic E-state index is 11.8. The molecule has 0 fully saturated rings. The highest BCUT2D eigenvalue weighted by molar-refractivity contribution is 7.53. The van der Waals surface area contributed by atoms with Crippen LogP contribution >= 0.6 is 7.60 Å². The fourth-order valence-electron chi connectivity index (χ4n) is 1.37. The summed E-state index contributed by atoms with van der Waals surface area (Å²) in [6, 6.07) is 6.87. The molecule has 17 heavy (non-hydrogen) atoms. The normalized spacial score (nSPS) is 13.4. The van der Waals surface area contributed by atoms with E-state index in [1.165, 1.54) is 14.2 Å². The van der Waals surface area contributed by atoms with Gasteiger partial charge < -0.3 is 18.9 Å². The van der Waals surface area contributed by atoms with Gasteiger partial charge in [-0.3, -0.25) is 4.57 Å². The van der Waals surface area contributed by atoms with Crippen molar-refractivity contribution in [3.63, 3.8) is 0 Å². The van der Waals surface area contributed by atoms with Gasteiger partial charge in [-0.1, -0.05) is 12.1 Å². The van der Waals surface area contributed by atoms with Gasteiger partial charge >= 0.3 is 7.60 Å². The largest absolute Gasteiger partial charge is 0.497 e. The molecule has 1 aromatic rings. The highest BCUT2D eigenvalue weighted by Gasteiger charge is 2.26. The average Bonchev–Trinajstić information content (AvgIpc) is 2.38. The highest BCUT2D eigenvalue weighted by Crippen LogP contribution is 2.49. The summed E-state index contributed by atoms with van der Waals surface area (Å²) in [5, 5.41) is 9.91. The van der Waals surface area contributed by atoms with Crippen molar-refractivity contribution in [1.29, 1.82) is 0 Å². The van der Waals surface area contributed by atoms with Crippen LogP contribution in [0.1, 0.15) is 11.7 Å². The lowest BCUT2D eigenvalue weighted by atomic mass is 10.1. The van der Waals surface area contributed by atoms with Crippen LogP contribution in [0.2, 0.25) is 0 Å². The van der Waals surface area contributed by atoms with Crippen molar-refractivity contribution in [2.75, 3.05) is 27.5 Å². The van der Waals surface area contributed by atoms with E-state index >= 15 is 0 Å². The molecule has 0 saturated heterocycles. The van der Waals surface area contributed by atoms with Crippen LogP contribution in [0, 0.1) is 0 Å². The van der Waals surface area contributed by atoms with Gasteiger partial charge in [-0.2, -0.15) is 0 Å². The molecule has 1 aromatic carbocycles. The van der Waals surface area contributed by atoms with Gasteiger partial charge in [0.25, 0.3) is 0 Å². The van der Waals surface area contributed by atoms with Crippen LogP contribution in [0.25, 0.3) is 0 Å². The Hall–Kier alpha value is -0.870. The number of rotatable bonds is 6. The van der Waals surface area contributed by atoms with Crippen molar-refractivity contribution >= 4 is 7.60 Å². The zero-order chi connectivity index (χ0) is 12.9. The summed E-state index contributed by atoms with van der Waals surface area (Å²) < 4.78 is 26.4. The predicted octanol–water partition coefficient (Wildman–Crippen LogP) is 2.21. The molecule has 1 N–H and O–H groups in total. The van der Waals surface area contributed by atoms with Crippen molar-refractivity contribution in [3.05, 3.63) is 29.8 Å². The van der Waals surface area contributed by atoms with Crippen LogP contribution in [-0.2, 0) is 13.6 Å². The molecule has 6 heteroatoms. The molecule has 96 valence electrons. The van der Waals surface area contributed by atoms with E-state index in [1.54, 1.807) is 31.4 Å². The maximum Gasteiger partial charge on any atom is 0.333 e. The van der Waals surface area contributed by atoms with Crippen molar-refractivity contribution in [2.45, 2.75) is 6.10 Å². The van der Waals surface area contributed by atoms with Gasteiger partial charge in [0.1, 0.15) is 5.75 Å². The number of aliphatic hydroxyl groups is 1. The molecule has 0 aliphatic heterocycles. The SMILES string of the molecule is COc1ccc([C@H](O)CP(=O)(OC)OC)cc1. The van der Waals surface area contributed by atoms with E-state index in [2.05, 4.69) is 0 Å². The molecule has 1 rings (SSSR count). The van der Waals surface area contributed by atoms with Gasteiger partial charge in [0.15, 0.2) is 0 Å². The summed E-state index contributed by atoms with van der Waals surface area (Å²) in [6.07, 6.45) is -0.974. The van der Waals surface area contributed by atoms with E-state index in [4.69, 9.17) is 13.8 Å². The second kappa shape index (κ2) is 6.17. The Kier molecular flexibility index (Phi) is 5.15. The van der Waals surface area contributed by atoms with Crippen LogP contribution in [0.4, 0.5) is 0 Å². The zero-order valence-electron chi connectivity index (χ0n) is 10.1. The summed E-state index contributed by atoms with van der Waals surface area (Å²) in [6.45, 7) is 0. The highest BCUT2D eigenvalue weighted by atomic mass is 31.2. The molecule has 0 amide bonds. The number of hydrogen-bond acceptors (Lipinski definition) is 5. The van der Waals surface area contributed by atoms with E-state index in [-0.39, 0.29) is 6.16 Å². The third kappa shape index (κ3) is 3.82.